The molecule has 2 aliphatic heterocycles. The fraction of sp³-hybridized carbons (Fsp3) is 0.286. The molecule has 2 aliphatic rings. The molecule has 1 aromatic heterocycles. The van der Waals surface area contributed by atoms with E-state index in [2.05, 4.69) is 15.3 Å². The summed E-state index contributed by atoms with van der Waals surface area (Å²) in [5.41, 5.74) is 0.302. The van der Waals surface area contributed by atoms with Gasteiger partial charge in [0.2, 0.25) is 0 Å². The van der Waals surface area contributed by atoms with E-state index in [9.17, 15) is 22.8 Å². The Balaban J connectivity index is 1.45. The molecule has 2 aromatic carbocycles. The van der Waals surface area contributed by atoms with Crippen molar-refractivity contribution in [3.8, 4) is 0 Å². The molecule has 3 heterocycles. The molecule has 0 saturated carbocycles. The van der Waals surface area contributed by atoms with E-state index in [0.29, 0.717) is 30.6 Å². The number of morpholine rings is 1. The second-order valence-electron chi connectivity index (χ2n) is 7.69. The van der Waals surface area contributed by atoms with Gasteiger partial charge >= 0.3 is 6.18 Å². The number of fused-ring (bicyclic) bond motifs is 3. The molecule has 10 heteroatoms. The maximum atomic E-state index is 13.5. The van der Waals surface area contributed by atoms with Crippen LogP contribution in [0, 0.1) is 0 Å². The Bertz CT molecular complexity index is 1190. The minimum atomic E-state index is -4.67. The van der Waals surface area contributed by atoms with Crippen molar-refractivity contribution in [3.05, 3.63) is 59.4 Å². The molecule has 0 spiro atoms. The SMILES string of the molecule is O=C(Nc1cc(C(=O)N2C[C@@H]3C[C@H]2CO3)cc(C(F)(F)F)c1)c1ccc2nc[nH]c2c1. The first kappa shape index (κ1) is 19.6. The molecule has 2 saturated heterocycles. The van der Waals surface area contributed by atoms with E-state index >= 15 is 0 Å². The molecule has 0 aliphatic carbocycles. The number of aromatic amines is 1. The third kappa shape index (κ3) is 3.63. The Kier molecular flexibility index (Phi) is 4.47. The van der Waals surface area contributed by atoms with Crippen LogP contribution in [-0.4, -0.2) is 52.0 Å². The largest absolute Gasteiger partial charge is 0.416 e. The van der Waals surface area contributed by atoms with Gasteiger partial charge in [-0.3, -0.25) is 9.59 Å². The first-order chi connectivity index (χ1) is 14.8. The monoisotopic (exact) mass is 430 g/mol. The number of H-pyrrole nitrogens is 1. The predicted molar refractivity (Wildman–Crippen MR) is 105 cm³/mol. The summed E-state index contributed by atoms with van der Waals surface area (Å²) in [7, 11) is 0. The van der Waals surface area contributed by atoms with Crippen molar-refractivity contribution in [2.45, 2.75) is 24.7 Å². The van der Waals surface area contributed by atoms with Crippen molar-refractivity contribution in [1.29, 1.82) is 0 Å². The predicted octanol–water partition coefficient (Wildman–Crippen LogP) is 3.45. The van der Waals surface area contributed by atoms with Gasteiger partial charge in [0.05, 0.1) is 41.7 Å². The van der Waals surface area contributed by atoms with E-state index < -0.39 is 23.6 Å². The number of hydrogen-bond acceptors (Lipinski definition) is 4. The van der Waals surface area contributed by atoms with Crippen molar-refractivity contribution >= 4 is 28.5 Å². The number of nitrogens with zero attached hydrogens (tertiary/aromatic N) is 2. The lowest BCUT2D eigenvalue weighted by atomic mass is 10.1. The maximum Gasteiger partial charge on any atom is 0.416 e. The van der Waals surface area contributed by atoms with Crippen LogP contribution in [0.4, 0.5) is 18.9 Å². The number of carbonyl (C=O) groups excluding carboxylic acids is 2. The van der Waals surface area contributed by atoms with Gasteiger partial charge in [0.25, 0.3) is 11.8 Å². The average molecular weight is 430 g/mol. The Hall–Kier alpha value is -3.40. The van der Waals surface area contributed by atoms with Crippen LogP contribution < -0.4 is 5.32 Å². The standard InChI is InChI=1S/C21H17F3N4O3/c22-21(23,24)13-3-12(20(30)28-8-16-7-15(28)9-31-16)4-14(6-13)27-19(29)11-1-2-17-18(5-11)26-10-25-17/h1-6,10,15-16H,7-9H2,(H,25,26)(H,27,29)/t15-,16-/m0/s1. The van der Waals surface area contributed by atoms with E-state index in [1.54, 1.807) is 17.0 Å². The van der Waals surface area contributed by atoms with Gasteiger partial charge in [0, 0.05) is 23.4 Å². The molecule has 2 N–H and O–H groups in total. The first-order valence-electron chi connectivity index (χ1n) is 9.67. The fourth-order valence-electron chi connectivity index (χ4n) is 4.08. The summed E-state index contributed by atoms with van der Waals surface area (Å²) < 4.78 is 45.9. The second kappa shape index (κ2) is 7.09. The lowest BCUT2D eigenvalue weighted by Crippen LogP contribution is -2.41. The molecular formula is C21H17F3N4O3. The zero-order valence-corrected chi connectivity index (χ0v) is 16.1. The van der Waals surface area contributed by atoms with Crippen LogP contribution >= 0.6 is 0 Å². The van der Waals surface area contributed by atoms with Crippen LogP contribution in [0.1, 0.15) is 32.7 Å². The highest BCUT2D eigenvalue weighted by atomic mass is 19.4. The number of rotatable bonds is 3. The number of aromatic nitrogens is 2. The average Bonchev–Trinajstić information content (AvgIpc) is 3.48. The van der Waals surface area contributed by atoms with Gasteiger partial charge in [0.15, 0.2) is 0 Å². The molecule has 2 atom stereocenters. The Labute approximate surface area is 174 Å². The fourth-order valence-corrected chi connectivity index (χ4v) is 4.08. The summed E-state index contributed by atoms with van der Waals surface area (Å²) in [6.45, 7) is 0.737. The number of alkyl halides is 3. The molecular weight excluding hydrogens is 413 g/mol. The van der Waals surface area contributed by atoms with Gasteiger partial charge in [-0.1, -0.05) is 0 Å². The summed E-state index contributed by atoms with van der Waals surface area (Å²) in [5.74, 6) is -1.10. The minimum Gasteiger partial charge on any atom is -0.374 e. The number of halogens is 3. The third-order valence-corrected chi connectivity index (χ3v) is 5.61. The van der Waals surface area contributed by atoms with E-state index in [1.807, 2.05) is 0 Å². The zero-order valence-electron chi connectivity index (χ0n) is 16.1. The van der Waals surface area contributed by atoms with E-state index in [0.717, 1.165) is 12.1 Å². The summed E-state index contributed by atoms with van der Waals surface area (Å²) in [6, 6.07) is 7.50. The Morgan fingerprint density at radius 2 is 2.00 bits per heavy atom. The summed E-state index contributed by atoms with van der Waals surface area (Å²) in [6.07, 6.45) is -2.58. The van der Waals surface area contributed by atoms with Crippen LogP contribution in [0.15, 0.2) is 42.7 Å². The summed E-state index contributed by atoms with van der Waals surface area (Å²) >= 11 is 0. The maximum absolute atomic E-state index is 13.5. The molecule has 5 rings (SSSR count). The number of amides is 2. The molecule has 31 heavy (non-hydrogen) atoms. The number of carbonyl (C=O) groups is 2. The van der Waals surface area contributed by atoms with Crippen LogP contribution in [0.2, 0.25) is 0 Å². The summed E-state index contributed by atoms with van der Waals surface area (Å²) in [5, 5.41) is 2.48. The highest BCUT2D eigenvalue weighted by Crippen LogP contribution is 2.34. The number of likely N-dealkylation sites (tertiary alicyclic amines) is 1. The number of imidazole rings is 1. The van der Waals surface area contributed by atoms with Gasteiger partial charge < -0.3 is 19.9 Å². The van der Waals surface area contributed by atoms with Crippen molar-refractivity contribution < 1.29 is 27.5 Å². The van der Waals surface area contributed by atoms with E-state index in [-0.39, 0.29) is 29.0 Å². The Morgan fingerprint density at radius 1 is 1.16 bits per heavy atom. The smallest absolute Gasteiger partial charge is 0.374 e. The van der Waals surface area contributed by atoms with Gasteiger partial charge in [-0.25, -0.2) is 4.98 Å². The topological polar surface area (TPSA) is 87.3 Å². The molecule has 7 nitrogen and oxygen atoms in total. The van der Waals surface area contributed by atoms with Crippen LogP contribution in [0.5, 0.6) is 0 Å². The van der Waals surface area contributed by atoms with E-state index in [4.69, 9.17) is 4.74 Å². The Morgan fingerprint density at radius 3 is 2.71 bits per heavy atom. The van der Waals surface area contributed by atoms with Gasteiger partial charge in [-0.15, -0.1) is 0 Å². The highest BCUT2D eigenvalue weighted by Gasteiger charge is 2.42. The molecule has 0 unspecified atom stereocenters. The van der Waals surface area contributed by atoms with Crippen LogP contribution in [-0.2, 0) is 10.9 Å². The quantitative estimate of drug-likeness (QED) is 0.667. The first-order valence-corrected chi connectivity index (χ1v) is 9.67. The number of hydrogen-bond donors (Lipinski definition) is 2. The van der Waals surface area contributed by atoms with Gasteiger partial charge in [-0.05, 0) is 42.8 Å². The molecule has 3 aromatic rings. The summed E-state index contributed by atoms with van der Waals surface area (Å²) in [4.78, 5) is 34.0. The molecule has 160 valence electrons. The zero-order chi connectivity index (χ0) is 21.8. The number of benzene rings is 2. The number of nitrogens with one attached hydrogen (secondary N) is 2. The number of ether oxygens (including phenoxy) is 1. The van der Waals surface area contributed by atoms with Crippen LogP contribution in [0.25, 0.3) is 11.0 Å². The third-order valence-electron chi connectivity index (χ3n) is 5.61. The lowest BCUT2D eigenvalue weighted by Gasteiger charge is -2.27. The second-order valence-corrected chi connectivity index (χ2v) is 7.69. The van der Waals surface area contributed by atoms with Crippen molar-refractivity contribution in [3.63, 3.8) is 0 Å². The van der Waals surface area contributed by atoms with E-state index in [1.165, 1.54) is 18.5 Å². The lowest BCUT2D eigenvalue weighted by molar-refractivity contribution is -0.137. The van der Waals surface area contributed by atoms with Crippen molar-refractivity contribution in [2.24, 2.45) is 0 Å². The molecule has 2 amide bonds. The number of anilines is 1. The minimum absolute atomic E-state index is 0.0729. The van der Waals surface area contributed by atoms with Crippen LogP contribution in [0.3, 0.4) is 0 Å². The molecule has 0 radical (unpaired) electrons. The molecule has 2 bridgehead atoms. The highest BCUT2D eigenvalue weighted by molar-refractivity contribution is 6.06. The van der Waals surface area contributed by atoms with Crippen molar-refractivity contribution in [1.82, 2.24) is 14.9 Å². The van der Waals surface area contributed by atoms with Gasteiger partial charge in [0.1, 0.15) is 0 Å². The van der Waals surface area contributed by atoms with Gasteiger partial charge in [-0.2, -0.15) is 13.2 Å². The normalized spacial score (nSPS) is 20.4. The molecule has 2 fully saturated rings. The van der Waals surface area contributed by atoms with Crippen molar-refractivity contribution in [2.75, 3.05) is 18.5 Å².